The molecule has 3 rings (SSSR count). The topological polar surface area (TPSA) is 49.4 Å². The van der Waals surface area contributed by atoms with Crippen LogP contribution in [0.1, 0.15) is 62.6 Å². The third-order valence-corrected chi connectivity index (χ3v) is 5.72. The number of amides is 2. The van der Waals surface area contributed by atoms with Crippen LogP contribution in [0, 0.1) is 5.92 Å². The van der Waals surface area contributed by atoms with Crippen LogP contribution in [-0.4, -0.2) is 29.8 Å². The summed E-state index contributed by atoms with van der Waals surface area (Å²) >= 11 is 0. The molecule has 1 atom stereocenters. The average molecular weight is 393 g/mol. The summed E-state index contributed by atoms with van der Waals surface area (Å²) in [6, 6.07) is 16.4. The zero-order valence-electron chi connectivity index (χ0n) is 17.9. The number of anilines is 1. The number of benzene rings is 2. The largest absolute Gasteiger partial charge is 0.342 e. The number of hydrogen-bond acceptors (Lipinski definition) is 2. The number of carbonyl (C=O) groups is 2. The minimum Gasteiger partial charge on any atom is -0.342 e. The van der Waals surface area contributed by atoms with E-state index in [1.165, 1.54) is 5.56 Å². The molecule has 0 saturated carbocycles. The molecule has 1 heterocycles. The van der Waals surface area contributed by atoms with E-state index in [-0.39, 0.29) is 17.7 Å². The van der Waals surface area contributed by atoms with Crippen molar-refractivity contribution < 1.29 is 9.59 Å². The number of rotatable bonds is 7. The predicted molar refractivity (Wildman–Crippen MR) is 118 cm³/mol. The van der Waals surface area contributed by atoms with Crippen LogP contribution in [0.25, 0.3) is 0 Å². The van der Waals surface area contributed by atoms with E-state index >= 15 is 0 Å². The summed E-state index contributed by atoms with van der Waals surface area (Å²) in [5, 5.41) is 3.18. The summed E-state index contributed by atoms with van der Waals surface area (Å²) in [5.74, 6) is 0.365. The van der Waals surface area contributed by atoms with Gasteiger partial charge in [-0.15, -0.1) is 0 Å². The van der Waals surface area contributed by atoms with E-state index in [0.717, 1.165) is 23.2 Å². The molecule has 1 aliphatic heterocycles. The highest BCUT2D eigenvalue weighted by molar-refractivity contribution is 5.98. The Bertz CT molecular complexity index is 832. The maximum atomic E-state index is 13.0. The first kappa shape index (κ1) is 21.1. The lowest BCUT2D eigenvalue weighted by atomic mass is 9.92. The summed E-state index contributed by atoms with van der Waals surface area (Å²) in [6.45, 7) is 9.71. The Kier molecular flexibility index (Phi) is 6.73. The van der Waals surface area contributed by atoms with Gasteiger partial charge in [0, 0.05) is 25.2 Å². The molecule has 4 nitrogen and oxygen atoms in total. The van der Waals surface area contributed by atoms with Gasteiger partial charge in [0.15, 0.2) is 0 Å². The molecular weight excluding hydrogens is 360 g/mol. The lowest BCUT2D eigenvalue weighted by Gasteiger charge is -2.21. The SMILES string of the molecule is CC(C)c1cccc(C(C)C)c1NC(=O)C1CC(=O)N(CCc2ccccc2)C1. The minimum absolute atomic E-state index is 0.0458. The summed E-state index contributed by atoms with van der Waals surface area (Å²) in [6.07, 6.45) is 1.11. The third-order valence-electron chi connectivity index (χ3n) is 5.72. The minimum atomic E-state index is -0.293. The standard InChI is InChI=1S/C25H32N2O2/c1-17(2)21-11-8-12-22(18(3)4)24(21)26-25(29)20-15-23(28)27(16-20)14-13-19-9-6-5-7-10-19/h5-12,17-18,20H,13-16H2,1-4H3,(H,26,29). The molecule has 0 spiro atoms. The van der Waals surface area contributed by atoms with Gasteiger partial charge in [0.1, 0.15) is 0 Å². The van der Waals surface area contributed by atoms with Gasteiger partial charge in [0.2, 0.25) is 11.8 Å². The van der Waals surface area contributed by atoms with Crippen LogP contribution in [0.4, 0.5) is 5.69 Å². The molecule has 29 heavy (non-hydrogen) atoms. The monoisotopic (exact) mass is 392 g/mol. The Labute approximate surface area is 174 Å². The van der Waals surface area contributed by atoms with Gasteiger partial charge in [-0.25, -0.2) is 0 Å². The van der Waals surface area contributed by atoms with Crippen molar-refractivity contribution in [1.29, 1.82) is 0 Å². The molecule has 1 aliphatic rings. The number of nitrogens with one attached hydrogen (secondary N) is 1. The summed E-state index contributed by atoms with van der Waals surface area (Å²) in [4.78, 5) is 27.3. The molecule has 1 fully saturated rings. The van der Waals surface area contributed by atoms with Gasteiger partial charge >= 0.3 is 0 Å². The van der Waals surface area contributed by atoms with Crippen LogP contribution in [0.3, 0.4) is 0 Å². The van der Waals surface area contributed by atoms with E-state index in [0.29, 0.717) is 31.3 Å². The summed E-state index contributed by atoms with van der Waals surface area (Å²) in [7, 11) is 0. The molecule has 0 aliphatic carbocycles. The molecule has 0 aromatic heterocycles. The van der Waals surface area contributed by atoms with Crippen LogP contribution in [0.15, 0.2) is 48.5 Å². The number of para-hydroxylation sites is 1. The second-order valence-corrected chi connectivity index (χ2v) is 8.59. The highest BCUT2D eigenvalue weighted by atomic mass is 16.2. The van der Waals surface area contributed by atoms with E-state index in [1.807, 2.05) is 23.1 Å². The highest BCUT2D eigenvalue weighted by Crippen LogP contribution is 2.33. The fraction of sp³-hybridized carbons (Fsp3) is 0.440. The Morgan fingerprint density at radius 3 is 2.21 bits per heavy atom. The van der Waals surface area contributed by atoms with Crippen molar-refractivity contribution in [3.05, 3.63) is 65.2 Å². The molecule has 154 valence electrons. The first-order chi connectivity index (χ1) is 13.9. The van der Waals surface area contributed by atoms with E-state index in [2.05, 4.69) is 63.3 Å². The summed E-state index contributed by atoms with van der Waals surface area (Å²) < 4.78 is 0. The van der Waals surface area contributed by atoms with Gasteiger partial charge in [-0.05, 0) is 34.9 Å². The molecule has 4 heteroatoms. The molecule has 2 amide bonds. The van der Waals surface area contributed by atoms with Crippen LogP contribution < -0.4 is 5.32 Å². The Morgan fingerprint density at radius 2 is 1.62 bits per heavy atom. The zero-order valence-corrected chi connectivity index (χ0v) is 17.9. The predicted octanol–water partition coefficient (Wildman–Crippen LogP) is 4.96. The fourth-order valence-corrected chi connectivity index (χ4v) is 3.99. The molecule has 1 N–H and O–H groups in total. The van der Waals surface area contributed by atoms with Crippen molar-refractivity contribution in [2.75, 3.05) is 18.4 Å². The van der Waals surface area contributed by atoms with Crippen molar-refractivity contribution in [1.82, 2.24) is 4.90 Å². The maximum absolute atomic E-state index is 13.0. The van der Waals surface area contributed by atoms with E-state index < -0.39 is 0 Å². The van der Waals surface area contributed by atoms with Crippen LogP contribution in [0.5, 0.6) is 0 Å². The van der Waals surface area contributed by atoms with Crippen molar-refractivity contribution in [2.45, 2.75) is 52.4 Å². The smallest absolute Gasteiger partial charge is 0.229 e. The van der Waals surface area contributed by atoms with Gasteiger partial charge < -0.3 is 10.2 Å². The number of carbonyl (C=O) groups excluding carboxylic acids is 2. The number of likely N-dealkylation sites (tertiary alicyclic amines) is 1. The van der Waals surface area contributed by atoms with Crippen LogP contribution >= 0.6 is 0 Å². The third kappa shape index (κ3) is 5.06. The van der Waals surface area contributed by atoms with Crippen molar-refractivity contribution in [3.63, 3.8) is 0 Å². The second-order valence-electron chi connectivity index (χ2n) is 8.59. The van der Waals surface area contributed by atoms with Crippen molar-refractivity contribution in [3.8, 4) is 0 Å². The highest BCUT2D eigenvalue weighted by Gasteiger charge is 2.34. The molecule has 0 radical (unpaired) electrons. The average Bonchev–Trinajstić information content (AvgIpc) is 3.07. The summed E-state index contributed by atoms with van der Waals surface area (Å²) in [5.41, 5.74) is 4.43. The molecule has 2 aromatic rings. The van der Waals surface area contributed by atoms with Gasteiger partial charge in [0.05, 0.1) is 5.92 Å². The van der Waals surface area contributed by atoms with E-state index in [4.69, 9.17) is 0 Å². The van der Waals surface area contributed by atoms with E-state index in [1.54, 1.807) is 0 Å². The number of nitrogens with zero attached hydrogens (tertiary/aromatic N) is 1. The zero-order chi connectivity index (χ0) is 21.0. The maximum Gasteiger partial charge on any atom is 0.229 e. The molecular formula is C25H32N2O2. The van der Waals surface area contributed by atoms with Gasteiger partial charge in [-0.2, -0.15) is 0 Å². The lowest BCUT2D eigenvalue weighted by Crippen LogP contribution is -2.30. The normalized spacial score (nSPS) is 16.7. The lowest BCUT2D eigenvalue weighted by molar-refractivity contribution is -0.128. The molecule has 1 saturated heterocycles. The fourth-order valence-electron chi connectivity index (χ4n) is 3.99. The van der Waals surface area contributed by atoms with E-state index in [9.17, 15) is 9.59 Å². The van der Waals surface area contributed by atoms with Crippen molar-refractivity contribution in [2.24, 2.45) is 5.92 Å². The molecule has 1 unspecified atom stereocenters. The van der Waals surface area contributed by atoms with Crippen LogP contribution in [-0.2, 0) is 16.0 Å². The van der Waals surface area contributed by atoms with Gasteiger partial charge in [-0.3, -0.25) is 9.59 Å². The first-order valence-corrected chi connectivity index (χ1v) is 10.6. The quantitative estimate of drug-likeness (QED) is 0.724. The Hall–Kier alpha value is -2.62. The molecule has 0 bridgehead atoms. The van der Waals surface area contributed by atoms with Gasteiger partial charge in [0.25, 0.3) is 0 Å². The first-order valence-electron chi connectivity index (χ1n) is 10.6. The van der Waals surface area contributed by atoms with Crippen LogP contribution in [0.2, 0.25) is 0 Å². The Morgan fingerprint density at radius 1 is 1.00 bits per heavy atom. The molecule has 2 aromatic carbocycles. The van der Waals surface area contributed by atoms with Gasteiger partial charge in [-0.1, -0.05) is 76.2 Å². The second kappa shape index (κ2) is 9.25. The Balaban J connectivity index is 1.68. The van der Waals surface area contributed by atoms with Crippen molar-refractivity contribution >= 4 is 17.5 Å². The number of hydrogen-bond donors (Lipinski definition) is 1.